The van der Waals surface area contributed by atoms with Gasteiger partial charge < -0.3 is 0 Å². The zero-order chi connectivity index (χ0) is 11.2. The van der Waals surface area contributed by atoms with E-state index in [4.69, 9.17) is 0 Å². The van der Waals surface area contributed by atoms with Gasteiger partial charge >= 0.3 is 0 Å². The van der Waals surface area contributed by atoms with Gasteiger partial charge in [-0.25, -0.2) is 0 Å². The highest BCUT2D eigenvalue weighted by atomic mass is 127. The second-order valence-corrected chi connectivity index (χ2v) is 8.40. The molecule has 0 N–H and O–H groups in total. The molecule has 0 aromatic rings. The second kappa shape index (κ2) is 4.44. The fraction of sp³-hybridized carbons (Fsp3) is 1.00. The van der Waals surface area contributed by atoms with Crippen molar-refractivity contribution in [3.63, 3.8) is 0 Å². The Balaban J connectivity index is 1.92. The van der Waals surface area contributed by atoms with Crippen LogP contribution in [0.1, 0.15) is 64.7 Å². The maximum Gasteiger partial charge on any atom is 0.0281 e. The number of alkyl halides is 1. The summed E-state index contributed by atoms with van der Waals surface area (Å²) in [5, 5.41) is 0. The molecule has 1 heteroatoms. The molecule has 0 spiro atoms. The molecule has 4 atom stereocenters. The molecule has 3 aliphatic carbocycles. The van der Waals surface area contributed by atoms with Crippen LogP contribution in [0.5, 0.6) is 0 Å². The van der Waals surface area contributed by atoms with Gasteiger partial charge in [0.25, 0.3) is 0 Å². The van der Waals surface area contributed by atoms with Crippen LogP contribution in [-0.2, 0) is 0 Å². The summed E-state index contributed by atoms with van der Waals surface area (Å²) in [6.07, 6.45) is 13.8. The molecule has 0 aromatic heterocycles. The molecule has 16 heavy (non-hydrogen) atoms. The molecule has 0 amide bonds. The van der Waals surface area contributed by atoms with Gasteiger partial charge in [0.1, 0.15) is 0 Å². The Hall–Kier alpha value is 0.730. The van der Waals surface area contributed by atoms with Crippen LogP contribution >= 0.6 is 22.6 Å². The molecule has 0 aliphatic heterocycles. The molecular weight excluding hydrogens is 307 g/mol. The molecule has 3 aliphatic rings. The van der Waals surface area contributed by atoms with Crippen LogP contribution in [0.3, 0.4) is 0 Å². The standard InChI is InChI=1S/C15H25I/c1-2-15(16)13-9-5-3-7-11(13)12-8-4-6-10-14(12)15/h11-14H,2-10H2,1H3. The highest BCUT2D eigenvalue weighted by Crippen LogP contribution is 2.63. The number of hydrogen-bond acceptors (Lipinski definition) is 0. The SMILES string of the molecule is CCC1(I)C2CCCCC2C2CCCCC21. The van der Waals surface area contributed by atoms with E-state index in [0.29, 0.717) is 3.42 Å². The first kappa shape index (κ1) is 11.8. The summed E-state index contributed by atoms with van der Waals surface area (Å²) >= 11 is 2.90. The van der Waals surface area contributed by atoms with E-state index in [0.717, 1.165) is 23.7 Å². The normalized spacial score (nSPS) is 52.1. The van der Waals surface area contributed by atoms with Gasteiger partial charge in [-0.05, 0) is 55.8 Å². The van der Waals surface area contributed by atoms with Gasteiger partial charge in [0.15, 0.2) is 0 Å². The third-order valence-corrected chi connectivity index (χ3v) is 8.33. The van der Waals surface area contributed by atoms with Gasteiger partial charge in [-0.15, -0.1) is 0 Å². The quantitative estimate of drug-likeness (QED) is 0.457. The number of halogens is 1. The lowest BCUT2D eigenvalue weighted by Crippen LogP contribution is -2.35. The van der Waals surface area contributed by atoms with Crippen LogP contribution in [0.2, 0.25) is 0 Å². The third kappa shape index (κ3) is 1.59. The lowest BCUT2D eigenvalue weighted by Gasteiger charge is -2.38. The lowest BCUT2D eigenvalue weighted by molar-refractivity contribution is 0.184. The van der Waals surface area contributed by atoms with Crippen LogP contribution in [0.15, 0.2) is 0 Å². The largest absolute Gasteiger partial charge is 0.0783 e. The minimum Gasteiger partial charge on any atom is -0.0783 e. The molecule has 0 heterocycles. The van der Waals surface area contributed by atoms with Gasteiger partial charge in [-0.1, -0.05) is 55.2 Å². The Morgan fingerprint density at radius 2 is 1.31 bits per heavy atom. The van der Waals surface area contributed by atoms with Crippen LogP contribution in [0.25, 0.3) is 0 Å². The average molecular weight is 332 g/mol. The summed E-state index contributed by atoms with van der Waals surface area (Å²) in [7, 11) is 0. The topological polar surface area (TPSA) is 0 Å². The van der Waals surface area contributed by atoms with Gasteiger partial charge in [0, 0.05) is 3.42 Å². The molecule has 4 unspecified atom stereocenters. The summed E-state index contributed by atoms with van der Waals surface area (Å²) in [5.74, 6) is 4.41. The van der Waals surface area contributed by atoms with Gasteiger partial charge in [0.2, 0.25) is 0 Å². The van der Waals surface area contributed by atoms with Crippen LogP contribution in [0, 0.1) is 23.7 Å². The van der Waals surface area contributed by atoms with E-state index in [1.165, 1.54) is 32.1 Å². The average Bonchev–Trinajstić information content (AvgIpc) is 2.62. The molecule has 0 radical (unpaired) electrons. The fourth-order valence-corrected chi connectivity index (χ4v) is 6.88. The number of fused-ring (bicyclic) bond motifs is 3. The Morgan fingerprint density at radius 1 is 0.875 bits per heavy atom. The van der Waals surface area contributed by atoms with Crippen LogP contribution < -0.4 is 0 Å². The molecule has 3 rings (SSSR count). The van der Waals surface area contributed by atoms with E-state index in [1.807, 2.05) is 0 Å². The molecule has 92 valence electrons. The second-order valence-electron chi connectivity index (χ2n) is 6.39. The first-order valence-corrected chi connectivity index (χ1v) is 8.54. The Bertz CT molecular complexity index is 238. The van der Waals surface area contributed by atoms with E-state index < -0.39 is 0 Å². The Morgan fingerprint density at radius 3 is 1.75 bits per heavy atom. The smallest absolute Gasteiger partial charge is 0.0281 e. The summed E-state index contributed by atoms with van der Waals surface area (Å²) in [6, 6.07) is 0. The van der Waals surface area contributed by atoms with Crippen molar-refractivity contribution in [2.75, 3.05) is 0 Å². The highest BCUT2D eigenvalue weighted by molar-refractivity contribution is 14.1. The van der Waals surface area contributed by atoms with Gasteiger partial charge in [-0.3, -0.25) is 0 Å². The molecule has 0 saturated heterocycles. The van der Waals surface area contributed by atoms with E-state index in [1.54, 1.807) is 25.7 Å². The van der Waals surface area contributed by atoms with Crippen molar-refractivity contribution in [3.05, 3.63) is 0 Å². The number of hydrogen-bond donors (Lipinski definition) is 0. The van der Waals surface area contributed by atoms with Crippen LogP contribution in [0.4, 0.5) is 0 Å². The van der Waals surface area contributed by atoms with E-state index in [9.17, 15) is 0 Å². The minimum absolute atomic E-state index is 0.688. The molecule has 3 saturated carbocycles. The minimum atomic E-state index is 0.688. The van der Waals surface area contributed by atoms with Crippen molar-refractivity contribution in [3.8, 4) is 0 Å². The summed E-state index contributed by atoms with van der Waals surface area (Å²) < 4.78 is 0.688. The molecule has 0 nitrogen and oxygen atoms in total. The van der Waals surface area contributed by atoms with Crippen molar-refractivity contribution >= 4 is 22.6 Å². The highest BCUT2D eigenvalue weighted by Gasteiger charge is 2.57. The lowest BCUT2D eigenvalue weighted by atomic mass is 9.73. The molecular formula is C15H25I. The summed E-state index contributed by atoms with van der Waals surface area (Å²) in [5.41, 5.74) is 0. The monoisotopic (exact) mass is 332 g/mol. The maximum atomic E-state index is 2.90. The van der Waals surface area contributed by atoms with Crippen molar-refractivity contribution in [2.45, 2.75) is 68.1 Å². The van der Waals surface area contributed by atoms with E-state index >= 15 is 0 Å². The van der Waals surface area contributed by atoms with Crippen molar-refractivity contribution in [2.24, 2.45) is 23.7 Å². The summed E-state index contributed by atoms with van der Waals surface area (Å²) in [4.78, 5) is 0. The Labute approximate surface area is 114 Å². The molecule has 3 fully saturated rings. The van der Waals surface area contributed by atoms with Crippen molar-refractivity contribution in [1.29, 1.82) is 0 Å². The van der Waals surface area contributed by atoms with Crippen molar-refractivity contribution < 1.29 is 0 Å². The third-order valence-electron chi connectivity index (χ3n) is 5.96. The number of rotatable bonds is 1. The molecule has 0 aromatic carbocycles. The predicted molar refractivity (Wildman–Crippen MR) is 77.9 cm³/mol. The fourth-order valence-electron chi connectivity index (χ4n) is 5.34. The zero-order valence-corrected chi connectivity index (χ0v) is 12.7. The predicted octanol–water partition coefficient (Wildman–Crippen LogP) is 5.20. The molecule has 0 bridgehead atoms. The zero-order valence-electron chi connectivity index (χ0n) is 10.6. The van der Waals surface area contributed by atoms with Gasteiger partial charge in [0.05, 0.1) is 0 Å². The summed E-state index contributed by atoms with van der Waals surface area (Å²) in [6.45, 7) is 2.45. The van der Waals surface area contributed by atoms with Crippen LogP contribution in [-0.4, -0.2) is 3.42 Å². The first-order valence-electron chi connectivity index (χ1n) is 7.46. The van der Waals surface area contributed by atoms with Crippen molar-refractivity contribution in [1.82, 2.24) is 0 Å². The first-order chi connectivity index (χ1) is 7.77. The van der Waals surface area contributed by atoms with E-state index in [2.05, 4.69) is 29.5 Å². The van der Waals surface area contributed by atoms with Gasteiger partial charge in [-0.2, -0.15) is 0 Å². The maximum absolute atomic E-state index is 2.90. The Kier molecular flexibility index (Phi) is 3.27. The van der Waals surface area contributed by atoms with E-state index in [-0.39, 0.29) is 0 Å².